The zero-order valence-corrected chi connectivity index (χ0v) is 14.4. The van der Waals surface area contributed by atoms with E-state index in [9.17, 15) is 14.0 Å². The van der Waals surface area contributed by atoms with Crippen molar-refractivity contribution >= 4 is 11.8 Å². The van der Waals surface area contributed by atoms with Gasteiger partial charge in [0.1, 0.15) is 17.7 Å². The summed E-state index contributed by atoms with van der Waals surface area (Å²) in [7, 11) is 0. The third-order valence-corrected chi connectivity index (χ3v) is 4.29. The maximum atomic E-state index is 13.5. The number of benzene rings is 2. The zero-order chi connectivity index (χ0) is 18.4. The number of amides is 2. The van der Waals surface area contributed by atoms with Gasteiger partial charge in [-0.1, -0.05) is 30.3 Å². The highest BCUT2D eigenvalue weighted by Crippen LogP contribution is 2.18. The SMILES string of the molecule is O=C(NCCC(=O)N1CC[C@@H](Oc2ccccc2)C1)c1ccccc1F. The first kappa shape index (κ1) is 17.9. The molecular weight excluding hydrogens is 335 g/mol. The second kappa shape index (κ2) is 8.47. The Bertz CT molecular complexity index is 767. The molecule has 1 fully saturated rings. The Kier molecular flexibility index (Phi) is 5.84. The minimum absolute atomic E-state index is 0.0163. The van der Waals surface area contributed by atoms with Crippen molar-refractivity contribution in [3.8, 4) is 5.75 Å². The summed E-state index contributed by atoms with van der Waals surface area (Å²) in [5.41, 5.74) is -0.0163. The quantitative estimate of drug-likeness (QED) is 0.866. The van der Waals surface area contributed by atoms with E-state index in [0.29, 0.717) is 13.1 Å². The van der Waals surface area contributed by atoms with Crippen molar-refractivity contribution in [2.75, 3.05) is 19.6 Å². The van der Waals surface area contributed by atoms with Gasteiger partial charge in [0.25, 0.3) is 5.91 Å². The van der Waals surface area contributed by atoms with E-state index < -0.39 is 11.7 Å². The largest absolute Gasteiger partial charge is 0.489 e. The van der Waals surface area contributed by atoms with Crippen molar-refractivity contribution < 1.29 is 18.7 Å². The highest BCUT2D eigenvalue weighted by atomic mass is 19.1. The van der Waals surface area contributed by atoms with Crippen molar-refractivity contribution in [3.63, 3.8) is 0 Å². The predicted octanol–water partition coefficient (Wildman–Crippen LogP) is 2.63. The summed E-state index contributed by atoms with van der Waals surface area (Å²) in [5.74, 6) is -0.332. The Hall–Kier alpha value is -2.89. The molecule has 26 heavy (non-hydrogen) atoms. The molecule has 0 aromatic heterocycles. The first-order valence-corrected chi connectivity index (χ1v) is 8.65. The molecule has 1 atom stereocenters. The van der Waals surface area contributed by atoms with Gasteiger partial charge in [-0.05, 0) is 24.3 Å². The van der Waals surface area contributed by atoms with Crippen LogP contribution in [-0.4, -0.2) is 42.5 Å². The number of hydrogen-bond acceptors (Lipinski definition) is 3. The van der Waals surface area contributed by atoms with Crippen LogP contribution in [0.25, 0.3) is 0 Å². The average molecular weight is 356 g/mol. The molecule has 0 spiro atoms. The summed E-state index contributed by atoms with van der Waals surface area (Å²) in [6, 6.07) is 15.3. The predicted molar refractivity (Wildman–Crippen MR) is 95.4 cm³/mol. The second-order valence-corrected chi connectivity index (χ2v) is 6.17. The number of likely N-dealkylation sites (tertiary alicyclic amines) is 1. The molecule has 6 heteroatoms. The molecule has 1 aliphatic rings. The number of halogens is 1. The Labute approximate surface area is 151 Å². The van der Waals surface area contributed by atoms with Gasteiger partial charge >= 0.3 is 0 Å². The smallest absolute Gasteiger partial charge is 0.254 e. The molecule has 1 N–H and O–H groups in total. The lowest BCUT2D eigenvalue weighted by Crippen LogP contribution is -2.34. The van der Waals surface area contributed by atoms with Gasteiger partial charge in [0.2, 0.25) is 5.91 Å². The minimum Gasteiger partial charge on any atom is -0.489 e. The van der Waals surface area contributed by atoms with Crippen LogP contribution >= 0.6 is 0 Å². The highest BCUT2D eigenvalue weighted by Gasteiger charge is 2.27. The summed E-state index contributed by atoms with van der Waals surface area (Å²) in [6.45, 7) is 1.35. The van der Waals surface area contributed by atoms with Crippen LogP contribution in [0.15, 0.2) is 54.6 Å². The molecule has 1 heterocycles. The van der Waals surface area contributed by atoms with Gasteiger partial charge in [-0.25, -0.2) is 4.39 Å². The molecule has 0 unspecified atom stereocenters. The zero-order valence-electron chi connectivity index (χ0n) is 14.4. The molecule has 2 amide bonds. The lowest BCUT2D eigenvalue weighted by atomic mass is 10.2. The maximum absolute atomic E-state index is 13.5. The maximum Gasteiger partial charge on any atom is 0.254 e. The van der Waals surface area contributed by atoms with Crippen LogP contribution in [0.4, 0.5) is 4.39 Å². The molecule has 1 saturated heterocycles. The van der Waals surface area contributed by atoms with Gasteiger partial charge < -0.3 is 15.0 Å². The van der Waals surface area contributed by atoms with Crippen LogP contribution in [-0.2, 0) is 4.79 Å². The Morgan fingerprint density at radius 3 is 2.62 bits per heavy atom. The van der Waals surface area contributed by atoms with Crippen LogP contribution in [0.1, 0.15) is 23.2 Å². The van der Waals surface area contributed by atoms with Gasteiger partial charge in [0.15, 0.2) is 0 Å². The van der Waals surface area contributed by atoms with Crippen LogP contribution < -0.4 is 10.1 Å². The first-order chi connectivity index (χ1) is 12.6. The molecule has 0 saturated carbocycles. The molecule has 2 aromatic carbocycles. The van der Waals surface area contributed by atoms with Gasteiger partial charge in [-0.3, -0.25) is 9.59 Å². The van der Waals surface area contributed by atoms with E-state index >= 15 is 0 Å². The number of nitrogens with one attached hydrogen (secondary N) is 1. The molecule has 0 radical (unpaired) electrons. The molecule has 3 rings (SSSR count). The number of carbonyl (C=O) groups is 2. The van der Waals surface area contributed by atoms with Crippen LogP contribution in [0.2, 0.25) is 0 Å². The standard InChI is InChI=1S/C20H21FN2O3/c21-18-9-5-4-8-17(18)20(25)22-12-10-19(24)23-13-11-16(14-23)26-15-6-2-1-3-7-15/h1-9,16H,10-14H2,(H,22,25)/t16-/m1/s1. The third-order valence-electron chi connectivity index (χ3n) is 4.29. The van der Waals surface area contributed by atoms with E-state index in [1.165, 1.54) is 18.2 Å². The van der Waals surface area contributed by atoms with Gasteiger partial charge in [-0.2, -0.15) is 0 Å². The number of hydrogen-bond donors (Lipinski definition) is 1. The third kappa shape index (κ3) is 4.59. The van der Waals surface area contributed by atoms with Crippen LogP contribution in [0.5, 0.6) is 5.75 Å². The molecular formula is C20H21FN2O3. The first-order valence-electron chi connectivity index (χ1n) is 8.65. The van der Waals surface area contributed by atoms with E-state index in [1.807, 2.05) is 30.3 Å². The van der Waals surface area contributed by atoms with Crippen molar-refractivity contribution in [2.45, 2.75) is 18.9 Å². The van der Waals surface area contributed by atoms with Gasteiger partial charge in [0, 0.05) is 25.9 Å². The van der Waals surface area contributed by atoms with Gasteiger partial charge in [0.05, 0.1) is 12.1 Å². The fourth-order valence-electron chi connectivity index (χ4n) is 2.92. The Morgan fingerprint density at radius 2 is 1.85 bits per heavy atom. The van der Waals surface area contributed by atoms with Crippen molar-refractivity contribution in [3.05, 3.63) is 66.0 Å². The summed E-state index contributed by atoms with van der Waals surface area (Å²) >= 11 is 0. The van der Waals surface area contributed by atoms with E-state index in [4.69, 9.17) is 4.74 Å². The van der Waals surface area contributed by atoms with E-state index in [-0.39, 0.29) is 30.5 Å². The lowest BCUT2D eigenvalue weighted by molar-refractivity contribution is -0.130. The summed E-state index contributed by atoms with van der Waals surface area (Å²) < 4.78 is 19.4. The number of carbonyl (C=O) groups excluding carboxylic acids is 2. The second-order valence-electron chi connectivity index (χ2n) is 6.17. The van der Waals surface area contributed by atoms with Crippen LogP contribution in [0.3, 0.4) is 0 Å². The molecule has 5 nitrogen and oxygen atoms in total. The summed E-state index contributed by atoms with van der Waals surface area (Å²) in [5, 5.41) is 2.59. The molecule has 136 valence electrons. The van der Waals surface area contributed by atoms with Crippen molar-refractivity contribution in [2.24, 2.45) is 0 Å². The summed E-state index contributed by atoms with van der Waals surface area (Å²) in [4.78, 5) is 25.9. The summed E-state index contributed by atoms with van der Waals surface area (Å²) in [6.07, 6.45) is 0.940. The van der Waals surface area contributed by atoms with Crippen molar-refractivity contribution in [1.29, 1.82) is 0 Å². The number of ether oxygens (including phenoxy) is 1. The lowest BCUT2D eigenvalue weighted by Gasteiger charge is -2.17. The Balaban J connectivity index is 1.41. The normalized spacial score (nSPS) is 16.3. The van der Waals surface area contributed by atoms with Gasteiger partial charge in [-0.15, -0.1) is 0 Å². The molecule has 1 aliphatic heterocycles. The average Bonchev–Trinajstić information content (AvgIpc) is 3.11. The number of rotatable bonds is 6. The van der Waals surface area contributed by atoms with Crippen molar-refractivity contribution in [1.82, 2.24) is 10.2 Å². The fraction of sp³-hybridized carbons (Fsp3) is 0.300. The molecule has 0 bridgehead atoms. The molecule has 0 aliphatic carbocycles. The monoisotopic (exact) mass is 356 g/mol. The highest BCUT2D eigenvalue weighted by molar-refractivity contribution is 5.94. The topological polar surface area (TPSA) is 58.6 Å². The number of nitrogens with zero attached hydrogens (tertiary/aromatic N) is 1. The van der Waals surface area contributed by atoms with E-state index in [1.54, 1.807) is 11.0 Å². The van der Waals surface area contributed by atoms with E-state index in [2.05, 4.69) is 5.32 Å². The van der Waals surface area contributed by atoms with Crippen LogP contribution in [0, 0.1) is 5.82 Å². The minimum atomic E-state index is -0.572. The molecule has 2 aromatic rings. The number of para-hydroxylation sites is 1. The Morgan fingerprint density at radius 1 is 1.12 bits per heavy atom. The fourth-order valence-corrected chi connectivity index (χ4v) is 2.92. The van der Waals surface area contributed by atoms with E-state index in [0.717, 1.165) is 12.2 Å².